The summed E-state index contributed by atoms with van der Waals surface area (Å²) >= 11 is 0. The van der Waals surface area contributed by atoms with E-state index in [1.54, 1.807) is 6.07 Å². The van der Waals surface area contributed by atoms with E-state index in [0.717, 1.165) is 0 Å². The van der Waals surface area contributed by atoms with Crippen molar-refractivity contribution in [1.82, 2.24) is 5.32 Å². The van der Waals surface area contributed by atoms with Crippen LogP contribution in [0.25, 0.3) is 0 Å². The Morgan fingerprint density at radius 2 is 1.81 bits per heavy atom. The summed E-state index contributed by atoms with van der Waals surface area (Å²) in [6, 6.07) is 11.8. The van der Waals surface area contributed by atoms with Crippen molar-refractivity contribution in [3.05, 3.63) is 64.5 Å². The highest BCUT2D eigenvalue weighted by Crippen LogP contribution is 2.26. The quantitative estimate of drug-likeness (QED) is 0.899. The van der Waals surface area contributed by atoms with Gasteiger partial charge in [-0.15, -0.1) is 0 Å². The van der Waals surface area contributed by atoms with E-state index in [9.17, 15) is 4.39 Å². The van der Waals surface area contributed by atoms with E-state index >= 15 is 0 Å². The summed E-state index contributed by atoms with van der Waals surface area (Å²) in [4.78, 5) is 0. The molecule has 0 aliphatic carbocycles. The van der Waals surface area contributed by atoms with Crippen LogP contribution in [0.5, 0.6) is 5.75 Å². The van der Waals surface area contributed by atoms with Gasteiger partial charge in [-0.25, -0.2) is 4.39 Å². The zero-order valence-corrected chi connectivity index (χ0v) is 13.0. The Morgan fingerprint density at radius 3 is 2.38 bits per heavy atom. The maximum absolute atomic E-state index is 14.3. The zero-order valence-electron chi connectivity index (χ0n) is 13.0. The molecule has 1 N–H and O–H groups in total. The van der Waals surface area contributed by atoms with Crippen LogP contribution in [0.4, 0.5) is 4.39 Å². The second-order valence-electron chi connectivity index (χ2n) is 5.40. The number of nitrogens with one attached hydrogen (secondary N) is 1. The topological polar surface area (TPSA) is 21.3 Å². The van der Waals surface area contributed by atoms with Gasteiger partial charge in [-0.1, -0.05) is 41.5 Å². The molecule has 2 aromatic carbocycles. The highest BCUT2D eigenvalue weighted by atomic mass is 19.1. The number of halogens is 1. The maximum Gasteiger partial charge on any atom is 0.168 e. The maximum atomic E-state index is 14.3. The van der Waals surface area contributed by atoms with Crippen molar-refractivity contribution in [2.75, 3.05) is 14.2 Å². The molecule has 0 heterocycles. The lowest BCUT2D eigenvalue weighted by molar-refractivity contribution is 0.383. The van der Waals surface area contributed by atoms with E-state index < -0.39 is 0 Å². The lowest BCUT2D eigenvalue weighted by Crippen LogP contribution is -2.19. The fourth-order valence-corrected chi connectivity index (χ4v) is 2.69. The summed E-state index contributed by atoms with van der Waals surface area (Å²) in [5, 5.41) is 3.28. The molecule has 2 rings (SSSR count). The highest BCUT2D eigenvalue weighted by Gasteiger charge is 2.15. The molecule has 21 heavy (non-hydrogen) atoms. The molecule has 0 radical (unpaired) electrons. The van der Waals surface area contributed by atoms with Gasteiger partial charge < -0.3 is 10.1 Å². The summed E-state index contributed by atoms with van der Waals surface area (Å²) in [5.41, 5.74) is 4.28. The molecule has 1 atom stereocenters. The first-order valence-electron chi connectivity index (χ1n) is 7.12. The third-order valence-electron chi connectivity index (χ3n) is 3.68. The number of hydrogen-bond acceptors (Lipinski definition) is 2. The molecule has 0 saturated heterocycles. The lowest BCUT2D eigenvalue weighted by Gasteiger charge is -2.19. The van der Waals surface area contributed by atoms with Crippen LogP contribution in [0.2, 0.25) is 0 Å². The molecule has 0 spiro atoms. The molecule has 0 aliphatic rings. The molecule has 2 aromatic rings. The number of hydrogen-bond donors (Lipinski definition) is 1. The van der Waals surface area contributed by atoms with E-state index in [4.69, 9.17) is 4.74 Å². The minimum absolute atomic E-state index is 0.0743. The van der Waals surface area contributed by atoms with Crippen molar-refractivity contribution in [2.24, 2.45) is 0 Å². The van der Waals surface area contributed by atoms with Crippen LogP contribution in [0.1, 0.15) is 28.3 Å². The standard InChI is InChI=1S/C18H22FNO/c1-12-8-13(2)10-15(9-12)16(20-3)11-14-6-5-7-17(21-4)18(14)19/h5-10,16,20H,11H2,1-4H3. The zero-order chi connectivity index (χ0) is 15.4. The molecular weight excluding hydrogens is 265 g/mol. The molecule has 1 unspecified atom stereocenters. The number of ether oxygens (including phenoxy) is 1. The Kier molecular flexibility index (Phi) is 4.97. The predicted octanol–water partition coefficient (Wildman–Crippen LogP) is 3.95. The molecular formula is C18H22FNO. The van der Waals surface area contributed by atoms with Gasteiger partial charge in [-0.2, -0.15) is 0 Å². The average molecular weight is 287 g/mol. The van der Waals surface area contributed by atoms with Crippen molar-refractivity contribution in [3.8, 4) is 5.75 Å². The Balaban J connectivity index is 2.31. The predicted molar refractivity (Wildman–Crippen MR) is 84.4 cm³/mol. The highest BCUT2D eigenvalue weighted by molar-refractivity contribution is 5.35. The van der Waals surface area contributed by atoms with Gasteiger partial charge >= 0.3 is 0 Å². The molecule has 0 aromatic heterocycles. The molecule has 2 nitrogen and oxygen atoms in total. The van der Waals surface area contributed by atoms with Crippen molar-refractivity contribution in [3.63, 3.8) is 0 Å². The number of aryl methyl sites for hydroxylation is 2. The Morgan fingerprint density at radius 1 is 1.14 bits per heavy atom. The average Bonchev–Trinajstić information content (AvgIpc) is 2.45. The molecule has 0 saturated carbocycles. The summed E-state index contributed by atoms with van der Waals surface area (Å²) in [6.45, 7) is 4.16. The van der Waals surface area contributed by atoms with Crippen LogP contribution in [0, 0.1) is 19.7 Å². The third kappa shape index (κ3) is 3.61. The van der Waals surface area contributed by atoms with Crippen molar-refractivity contribution in [2.45, 2.75) is 26.3 Å². The minimum Gasteiger partial charge on any atom is -0.494 e. The van der Waals surface area contributed by atoms with Gasteiger partial charge in [0.2, 0.25) is 0 Å². The first-order chi connectivity index (χ1) is 10.0. The summed E-state index contributed by atoms with van der Waals surface area (Å²) in [7, 11) is 3.39. The van der Waals surface area contributed by atoms with Gasteiger partial charge in [0.25, 0.3) is 0 Å². The Hall–Kier alpha value is -1.87. The van der Waals surface area contributed by atoms with E-state index in [1.807, 2.05) is 19.2 Å². The second kappa shape index (κ2) is 6.72. The lowest BCUT2D eigenvalue weighted by atomic mass is 9.95. The molecule has 3 heteroatoms. The van der Waals surface area contributed by atoms with Gasteiger partial charge in [0.05, 0.1) is 7.11 Å². The van der Waals surface area contributed by atoms with Gasteiger partial charge in [0, 0.05) is 6.04 Å². The smallest absolute Gasteiger partial charge is 0.168 e. The van der Waals surface area contributed by atoms with Crippen LogP contribution < -0.4 is 10.1 Å². The van der Waals surface area contributed by atoms with Gasteiger partial charge in [-0.3, -0.25) is 0 Å². The molecule has 0 aliphatic heterocycles. The van der Waals surface area contributed by atoms with Crippen molar-refractivity contribution >= 4 is 0 Å². The first-order valence-corrected chi connectivity index (χ1v) is 7.12. The Labute approximate surface area is 126 Å². The molecule has 0 bridgehead atoms. The van der Waals surface area contributed by atoms with Crippen LogP contribution in [-0.4, -0.2) is 14.2 Å². The number of methoxy groups -OCH3 is 1. The number of benzene rings is 2. The molecule has 0 fully saturated rings. The fraction of sp³-hybridized carbons (Fsp3) is 0.333. The van der Waals surface area contributed by atoms with E-state index in [2.05, 4.69) is 37.4 Å². The van der Waals surface area contributed by atoms with Crippen LogP contribution in [0.15, 0.2) is 36.4 Å². The van der Waals surface area contributed by atoms with Crippen LogP contribution in [-0.2, 0) is 6.42 Å². The van der Waals surface area contributed by atoms with Gasteiger partial charge in [0.1, 0.15) is 0 Å². The largest absolute Gasteiger partial charge is 0.494 e. The van der Waals surface area contributed by atoms with Gasteiger partial charge in [-0.05, 0) is 44.5 Å². The number of likely N-dealkylation sites (N-methyl/N-ethyl adjacent to an activating group) is 1. The van der Waals surface area contributed by atoms with Crippen LogP contribution >= 0.6 is 0 Å². The van der Waals surface area contributed by atoms with Crippen molar-refractivity contribution in [1.29, 1.82) is 0 Å². The fourth-order valence-electron chi connectivity index (χ4n) is 2.69. The molecule has 0 amide bonds. The summed E-state index contributed by atoms with van der Waals surface area (Å²) in [6.07, 6.45) is 0.586. The van der Waals surface area contributed by atoms with E-state index in [-0.39, 0.29) is 11.9 Å². The SMILES string of the molecule is CNC(Cc1cccc(OC)c1F)c1cc(C)cc(C)c1. The third-order valence-corrected chi connectivity index (χ3v) is 3.68. The monoisotopic (exact) mass is 287 g/mol. The second-order valence-corrected chi connectivity index (χ2v) is 5.40. The van der Waals surface area contributed by atoms with Gasteiger partial charge in [0.15, 0.2) is 11.6 Å². The van der Waals surface area contributed by atoms with Crippen LogP contribution in [0.3, 0.4) is 0 Å². The minimum atomic E-state index is -0.273. The van der Waals surface area contributed by atoms with Crippen molar-refractivity contribution < 1.29 is 9.13 Å². The van der Waals surface area contributed by atoms with E-state index in [0.29, 0.717) is 17.7 Å². The summed E-state index contributed by atoms with van der Waals surface area (Å²) in [5.74, 6) is 0.0207. The first kappa shape index (κ1) is 15.5. The summed E-state index contributed by atoms with van der Waals surface area (Å²) < 4.78 is 19.3. The normalized spacial score (nSPS) is 12.2. The number of rotatable bonds is 5. The molecule has 112 valence electrons. The van der Waals surface area contributed by atoms with E-state index in [1.165, 1.54) is 23.8 Å². The Bertz CT molecular complexity index is 604.